The van der Waals surface area contributed by atoms with Crippen LogP contribution in [0.1, 0.15) is 26.3 Å². The summed E-state index contributed by atoms with van der Waals surface area (Å²) in [5, 5.41) is 13.2. The third-order valence-corrected chi connectivity index (χ3v) is 2.84. The second-order valence-corrected chi connectivity index (χ2v) is 6.09. The Bertz CT molecular complexity index is 369. The zero-order chi connectivity index (χ0) is 13.8. The third-order valence-electron chi connectivity index (χ3n) is 2.84. The van der Waals surface area contributed by atoms with E-state index in [0.717, 1.165) is 5.69 Å². The molecule has 0 radical (unpaired) electrons. The normalized spacial score (nSPS) is 13.7. The highest BCUT2D eigenvalue weighted by Gasteiger charge is 2.17. The summed E-state index contributed by atoms with van der Waals surface area (Å²) in [5.41, 5.74) is 2.50. The van der Waals surface area contributed by atoms with E-state index < -0.39 is 0 Å². The van der Waals surface area contributed by atoms with Gasteiger partial charge in [0, 0.05) is 18.8 Å². The molecule has 0 saturated heterocycles. The Morgan fingerprint density at radius 2 is 1.83 bits per heavy atom. The van der Waals surface area contributed by atoms with Crippen molar-refractivity contribution in [1.29, 1.82) is 0 Å². The van der Waals surface area contributed by atoms with E-state index in [2.05, 4.69) is 44.3 Å². The highest BCUT2D eigenvalue weighted by molar-refractivity contribution is 5.54. The Labute approximate surface area is 111 Å². The smallest absolute Gasteiger partial charge is 0.0838 e. The van der Waals surface area contributed by atoms with Crippen LogP contribution >= 0.6 is 0 Å². The molecule has 0 spiro atoms. The average molecular weight is 250 g/mol. The van der Waals surface area contributed by atoms with Gasteiger partial charge in [-0.25, -0.2) is 0 Å². The Morgan fingerprint density at radius 1 is 1.22 bits per heavy atom. The number of likely N-dealkylation sites (N-methyl/N-ethyl adjacent to an activating group) is 1. The standard InChI is InChI=1S/C15H26N2O/c1-15(2,3)13-8-6-7-9-14(13)16-10-12(18)11-17(4)5/h6-9,12,16,18H,10-11H2,1-5H3. The van der Waals surface area contributed by atoms with Gasteiger partial charge in [-0.05, 0) is 31.1 Å². The highest BCUT2D eigenvalue weighted by atomic mass is 16.3. The van der Waals surface area contributed by atoms with E-state index in [1.807, 2.05) is 25.1 Å². The van der Waals surface area contributed by atoms with E-state index in [4.69, 9.17) is 0 Å². The summed E-state index contributed by atoms with van der Waals surface area (Å²) >= 11 is 0. The molecule has 0 heterocycles. The van der Waals surface area contributed by atoms with Crippen molar-refractivity contribution in [3.05, 3.63) is 29.8 Å². The van der Waals surface area contributed by atoms with Crippen molar-refractivity contribution in [2.24, 2.45) is 0 Å². The summed E-state index contributed by atoms with van der Waals surface area (Å²) in [4.78, 5) is 1.99. The molecule has 0 saturated carbocycles. The first-order valence-corrected chi connectivity index (χ1v) is 6.47. The topological polar surface area (TPSA) is 35.5 Å². The minimum absolute atomic E-state index is 0.107. The Balaban J connectivity index is 2.68. The minimum atomic E-state index is -0.354. The first kappa shape index (κ1) is 15.0. The predicted molar refractivity (Wildman–Crippen MR) is 78.2 cm³/mol. The number of nitrogens with zero attached hydrogens (tertiary/aromatic N) is 1. The van der Waals surface area contributed by atoms with Gasteiger partial charge in [0.15, 0.2) is 0 Å². The fourth-order valence-electron chi connectivity index (χ4n) is 2.01. The maximum atomic E-state index is 9.87. The van der Waals surface area contributed by atoms with Crippen molar-refractivity contribution < 1.29 is 5.11 Å². The van der Waals surface area contributed by atoms with Crippen LogP contribution < -0.4 is 5.32 Å². The second-order valence-electron chi connectivity index (χ2n) is 6.09. The maximum Gasteiger partial charge on any atom is 0.0838 e. The van der Waals surface area contributed by atoms with Crippen LogP contribution in [0.5, 0.6) is 0 Å². The molecule has 0 aliphatic carbocycles. The number of anilines is 1. The Kier molecular flexibility index (Phi) is 5.17. The zero-order valence-corrected chi connectivity index (χ0v) is 12.2. The van der Waals surface area contributed by atoms with Crippen LogP contribution in [0, 0.1) is 0 Å². The average Bonchev–Trinajstić information content (AvgIpc) is 2.24. The molecule has 0 aliphatic heterocycles. The van der Waals surface area contributed by atoms with Gasteiger partial charge >= 0.3 is 0 Å². The quantitative estimate of drug-likeness (QED) is 0.842. The van der Waals surface area contributed by atoms with Crippen LogP contribution in [0.3, 0.4) is 0 Å². The van der Waals surface area contributed by atoms with Crippen molar-refractivity contribution in [2.45, 2.75) is 32.3 Å². The van der Waals surface area contributed by atoms with Gasteiger partial charge < -0.3 is 15.3 Å². The summed E-state index contributed by atoms with van der Waals surface area (Å²) in [7, 11) is 3.93. The Morgan fingerprint density at radius 3 is 2.39 bits per heavy atom. The predicted octanol–water partition coefficient (Wildman–Crippen LogP) is 2.32. The molecule has 3 nitrogen and oxygen atoms in total. The van der Waals surface area contributed by atoms with E-state index >= 15 is 0 Å². The molecule has 3 heteroatoms. The summed E-state index contributed by atoms with van der Waals surface area (Å²) < 4.78 is 0. The van der Waals surface area contributed by atoms with Gasteiger partial charge in [0.05, 0.1) is 6.10 Å². The molecule has 1 aromatic rings. The first-order chi connectivity index (χ1) is 8.30. The molecule has 0 aromatic heterocycles. The lowest BCUT2D eigenvalue weighted by Gasteiger charge is -2.24. The number of rotatable bonds is 5. The number of aliphatic hydroxyl groups excluding tert-OH is 1. The number of hydrogen-bond donors (Lipinski definition) is 2. The van der Waals surface area contributed by atoms with Crippen LogP contribution in [0.2, 0.25) is 0 Å². The molecule has 1 atom stereocenters. The highest BCUT2D eigenvalue weighted by Crippen LogP contribution is 2.29. The molecule has 18 heavy (non-hydrogen) atoms. The van der Waals surface area contributed by atoms with Gasteiger partial charge in [0.2, 0.25) is 0 Å². The van der Waals surface area contributed by atoms with E-state index in [9.17, 15) is 5.11 Å². The summed E-state index contributed by atoms with van der Waals surface area (Å²) in [6, 6.07) is 8.29. The van der Waals surface area contributed by atoms with E-state index in [-0.39, 0.29) is 11.5 Å². The lowest BCUT2D eigenvalue weighted by atomic mass is 9.86. The lowest BCUT2D eigenvalue weighted by Crippen LogP contribution is -2.32. The van der Waals surface area contributed by atoms with Gasteiger partial charge in [0.1, 0.15) is 0 Å². The Hall–Kier alpha value is -1.06. The van der Waals surface area contributed by atoms with Gasteiger partial charge in [-0.2, -0.15) is 0 Å². The number of benzene rings is 1. The summed E-state index contributed by atoms with van der Waals surface area (Å²) in [6.45, 7) is 7.84. The summed E-state index contributed by atoms with van der Waals surface area (Å²) in [5.74, 6) is 0. The van der Waals surface area contributed by atoms with Crippen molar-refractivity contribution >= 4 is 5.69 Å². The fraction of sp³-hybridized carbons (Fsp3) is 0.600. The van der Waals surface area contributed by atoms with Crippen LogP contribution in [0.25, 0.3) is 0 Å². The van der Waals surface area contributed by atoms with Crippen LogP contribution in [-0.4, -0.2) is 43.3 Å². The van der Waals surface area contributed by atoms with Gasteiger partial charge in [0.25, 0.3) is 0 Å². The molecule has 0 fully saturated rings. The lowest BCUT2D eigenvalue weighted by molar-refractivity contribution is 0.148. The molecule has 0 bridgehead atoms. The van der Waals surface area contributed by atoms with Crippen molar-refractivity contribution in [3.8, 4) is 0 Å². The van der Waals surface area contributed by atoms with E-state index in [1.165, 1.54) is 5.56 Å². The fourth-order valence-corrected chi connectivity index (χ4v) is 2.01. The number of nitrogens with one attached hydrogen (secondary N) is 1. The first-order valence-electron chi connectivity index (χ1n) is 6.47. The number of hydrogen-bond acceptors (Lipinski definition) is 3. The van der Waals surface area contributed by atoms with Gasteiger partial charge in [-0.3, -0.25) is 0 Å². The van der Waals surface area contributed by atoms with Gasteiger partial charge in [-0.1, -0.05) is 39.0 Å². The molecular formula is C15H26N2O. The molecule has 1 unspecified atom stereocenters. The van der Waals surface area contributed by atoms with E-state index in [1.54, 1.807) is 0 Å². The second kappa shape index (κ2) is 6.21. The van der Waals surface area contributed by atoms with E-state index in [0.29, 0.717) is 13.1 Å². The van der Waals surface area contributed by atoms with Crippen molar-refractivity contribution in [1.82, 2.24) is 4.90 Å². The molecule has 0 aliphatic rings. The molecular weight excluding hydrogens is 224 g/mol. The van der Waals surface area contributed by atoms with Crippen LogP contribution in [0.15, 0.2) is 24.3 Å². The zero-order valence-electron chi connectivity index (χ0n) is 12.2. The van der Waals surface area contributed by atoms with Crippen LogP contribution in [0.4, 0.5) is 5.69 Å². The number of aliphatic hydroxyl groups is 1. The third kappa shape index (κ3) is 4.67. The summed E-state index contributed by atoms with van der Waals surface area (Å²) in [6.07, 6.45) is -0.354. The molecule has 1 aromatic carbocycles. The van der Waals surface area contributed by atoms with Crippen LogP contribution in [-0.2, 0) is 5.41 Å². The van der Waals surface area contributed by atoms with Crippen molar-refractivity contribution in [3.63, 3.8) is 0 Å². The maximum absolute atomic E-state index is 9.87. The number of para-hydroxylation sites is 1. The SMILES string of the molecule is CN(C)CC(O)CNc1ccccc1C(C)(C)C. The van der Waals surface area contributed by atoms with Gasteiger partial charge in [-0.15, -0.1) is 0 Å². The molecule has 0 amide bonds. The molecule has 102 valence electrons. The van der Waals surface area contributed by atoms with Crippen molar-refractivity contribution in [2.75, 3.05) is 32.5 Å². The minimum Gasteiger partial charge on any atom is -0.390 e. The molecule has 1 rings (SSSR count). The molecule has 2 N–H and O–H groups in total. The monoisotopic (exact) mass is 250 g/mol. The largest absolute Gasteiger partial charge is 0.390 e.